The SMILES string of the molecule is Cn1nccc1/C=C/C(=O)N1CCOC(CO)C1. The summed E-state index contributed by atoms with van der Waals surface area (Å²) in [5.41, 5.74) is 0.871. The number of amides is 1. The Labute approximate surface area is 105 Å². The van der Waals surface area contributed by atoms with E-state index in [1.165, 1.54) is 6.08 Å². The minimum atomic E-state index is -0.271. The Kier molecular flexibility index (Phi) is 4.11. The number of aromatic nitrogens is 2. The maximum Gasteiger partial charge on any atom is 0.246 e. The molecule has 1 aliphatic heterocycles. The van der Waals surface area contributed by atoms with Crippen LogP contribution in [-0.2, 0) is 16.6 Å². The lowest BCUT2D eigenvalue weighted by atomic mass is 10.2. The number of aryl methyl sites for hydroxylation is 1. The number of aliphatic hydroxyl groups is 1. The van der Waals surface area contributed by atoms with Crippen LogP contribution in [-0.4, -0.2) is 58.1 Å². The summed E-state index contributed by atoms with van der Waals surface area (Å²) in [6.45, 7) is 1.40. The van der Waals surface area contributed by atoms with E-state index in [1.54, 1.807) is 21.9 Å². The molecular weight excluding hydrogens is 234 g/mol. The number of hydrogen-bond donors (Lipinski definition) is 1. The highest BCUT2D eigenvalue weighted by molar-refractivity contribution is 5.91. The van der Waals surface area contributed by atoms with Gasteiger partial charge in [-0.3, -0.25) is 9.48 Å². The fraction of sp³-hybridized carbons (Fsp3) is 0.500. The zero-order chi connectivity index (χ0) is 13.0. The molecule has 1 fully saturated rings. The van der Waals surface area contributed by atoms with Crippen LogP contribution in [0, 0.1) is 0 Å². The first-order valence-corrected chi connectivity index (χ1v) is 5.88. The van der Waals surface area contributed by atoms with Crippen molar-refractivity contribution >= 4 is 12.0 Å². The monoisotopic (exact) mass is 251 g/mol. The number of nitrogens with zero attached hydrogens (tertiary/aromatic N) is 3. The molecular formula is C12H17N3O3. The standard InChI is InChI=1S/C12H17N3O3/c1-14-10(4-5-13-14)2-3-12(17)15-6-7-18-11(8-15)9-16/h2-5,11,16H,6-9H2,1H3/b3-2+. The van der Waals surface area contributed by atoms with Gasteiger partial charge in [-0.2, -0.15) is 5.10 Å². The molecule has 1 N–H and O–H groups in total. The second-order valence-corrected chi connectivity index (χ2v) is 4.17. The molecule has 0 radical (unpaired) electrons. The van der Waals surface area contributed by atoms with Crippen molar-refractivity contribution in [3.63, 3.8) is 0 Å². The number of ether oxygens (including phenoxy) is 1. The topological polar surface area (TPSA) is 67.6 Å². The first-order chi connectivity index (χ1) is 8.70. The quantitative estimate of drug-likeness (QED) is 0.746. The number of aliphatic hydroxyl groups excluding tert-OH is 1. The Hall–Kier alpha value is -1.66. The highest BCUT2D eigenvalue weighted by Gasteiger charge is 2.22. The third-order valence-corrected chi connectivity index (χ3v) is 2.91. The minimum absolute atomic E-state index is 0.0603. The predicted molar refractivity (Wildman–Crippen MR) is 65.6 cm³/mol. The Balaban J connectivity index is 1.95. The molecule has 6 nitrogen and oxygen atoms in total. The number of rotatable bonds is 3. The predicted octanol–water partition coefficient (Wildman–Crippen LogP) is -0.347. The first-order valence-electron chi connectivity index (χ1n) is 5.88. The van der Waals surface area contributed by atoms with Crippen molar-refractivity contribution in [3.8, 4) is 0 Å². The maximum atomic E-state index is 11.9. The van der Waals surface area contributed by atoms with Gasteiger partial charge in [-0.05, 0) is 12.1 Å². The summed E-state index contributed by atoms with van der Waals surface area (Å²) in [6, 6.07) is 1.83. The van der Waals surface area contributed by atoms with Crippen molar-refractivity contribution in [2.24, 2.45) is 7.05 Å². The number of carbonyl (C=O) groups excluding carboxylic acids is 1. The Morgan fingerprint density at radius 3 is 3.22 bits per heavy atom. The van der Waals surface area contributed by atoms with Gasteiger partial charge in [0.05, 0.1) is 25.0 Å². The van der Waals surface area contributed by atoms with Crippen LogP contribution in [0.4, 0.5) is 0 Å². The molecule has 0 bridgehead atoms. The van der Waals surface area contributed by atoms with Crippen LogP contribution < -0.4 is 0 Å². The first kappa shape index (κ1) is 12.8. The van der Waals surface area contributed by atoms with Crippen LogP contribution in [0.2, 0.25) is 0 Å². The van der Waals surface area contributed by atoms with E-state index in [0.29, 0.717) is 19.7 Å². The molecule has 2 heterocycles. The van der Waals surface area contributed by atoms with Gasteiger partial charge in [0.1, 0.15) is 0 Å². The molecule has 98 valence electrons. The van der Waals surface area contributed by atoms with E-state index in [9.17, 15) is 4.79 Å². The van der Waals surface area contributed by atoms with Gasteiger partial charge in [-0.15, -0.1) is 0 Å². The van der Waals surface area contributed by atoms with E-state index in [4.69, 9.17) is 9.84 Å². The van der Waals surface area contributed by atoms with Gasteiger partial charge in [0.15, 0.2) is 0 Å². The molecule has 1 amide bonds. The molecule has 0 aromatic carbocycles. The molecule has 0 spiro atoms. The second kappa shape index (κ2) is 5.79. The van der Waals surface area contributed by atoms with Crippen molar-refractivity contribution in [3.05, 3.63) is 24.0 Å². The normalized spacial score (nSPS) is 20.6. The molecule has 0 saturated carbocycles. The van der Waals surface area contributed by atoms with Crippen molar-refractivity contribution in [1.29, 1.82) is 0 Å². The number of morpholine rings is 1. The lowest BCUT2D eigenvalue weighted by Crippen LogP contribution is -2.46. The summed E-state index contributed by atoms with van der Waals surface area (Å²) in [5, 5.41) is 13.0. The average molecular weight is 251 g/mol. The highest BCUT2D eigenvalue weighted by atomic mass is 16.5. The van der Waals surface area contributed by atoms with E-state index >= 15 is 0 Å². The van der Waals surface area contributed by atoms with E-state index in [1.807, 2.05) is 13.1 Å². The van der Waals surface area contributed by atoms with Crippen molar-refractivity contribution in [1.82, 2.24) is 14.7 Å². The lowest BCUT2D eigenvalue weighted by Gasteiger charge is -2.31. The molecule has 6 heteroatoms. The second-order valence-electron chi connectivity index (χ2n) is 4.17. The van der Waals surface area contributed by atoms with Crippen LogP contribution in [0.25, 0.3) is 6.08 Å². The Morgan fingerprint density at radius 2 is 2.56 bits per heavy atom. The minimum Gasteiger partial charge on any atom is -0.394 e. The van der Waals surface area contributed by atoms with Gasteiger partial charge in [-0.1, -0.05) is 0 Å². The molecule has 1 aromatic heterocycles. The fourth-order valence-electron chi connectivity index (χ4n) is 1.84. The van der Waals surface area contributed by atoms with Crippen molar-refractivity contribution in [2.45, 2.75) is 6.10 Å². The van der Waals surface area contributed by atoms with E-state index in [2.05, 4.69) is 5.10 Å². The lowest BCUT2D eigenvalue weighted by molar-refractivity contribution is -0.134. The van der Waals surface area contributed by atoms with Crippen LogP contribution in [0.1, 0.15) is 5.69 Å². The number of hydrogen-bond acceptors (Lipinski definition) is 4. The van der Waals surface area contributed by atoms with Gasteiger partial charge >= 0.3 is 0 Å². The van der Waals surface area contributed by atoms with Gasteiger partial charge in [0.2, 0.25) is 5.91 Å². The van der Waals surface area contributed by atoms with E-state index in [0.717, 1.165) is 5.69 Å². The van der Waals surface area contributed by atoms with Gasteiger partial charge in [0, 0.05) is 32.4 Å². The number of carbonyl (C=O) groups is 1. The smallest absolute Gasteiger partial charge is 0.246 e. The maximum absolute atomic E-state index is 11.9. The summed E-state index contributed by atoms with van der Waals surface area (Å²) in [6.07, 6.45) is 4.67. The average Bonchev–Trinajstić information content (AvgIpc) is 2.81. The van der Waals surface area contributed by atoms with Gasteiger partial charge in [0.25, 0.3) is 0 Å². The van der Waals surface area contributed by atoms with Crippen LogP contribution >= 0.6 is 0 Å². The van der Waals surface area contributed by atoms with Crippen molar-refractivity contribution in [2.75, 3.05) is 26.3 Å². The summed E-state index contributed by atoms with van der Waals surface area (Å²) in [4.78, 5) is 13.6. The van der Waals surface area contributed by atoms with E-state index < -0.39 is 0 Å². The molecule has 18 heavy (non-hydrogen) atoms. The summed E-state index contributed by atoms with van der Waals surface area (Å²) < 4.78 is 6.99. The van der Waals surface area contributed by atoms with Gasteiger partial charge in [-0.25, -0.2) is 0 Å². The third-order valence-electron chi connectivity index (χ3n) is 2.91. The molecule has 1 aliphatic rings. The van der Waals surface area contributed by atoms with Crippen LogP contribution in [0.3, 0.4) is 0 Å². The zero-order valence-electron chi connectivity index (χ0n) is 10.3. The molecule has 0 aliphatic carbocycles. The zero-order valence-corrected chi connectivity index (χ0v) is 10.3. The fourth-order valence-corrected chi connectivity index (χ4v) is 1.84. The largest absolute Gasteiger partial charge is 0.394 e. The summed E-state index contributed by atoms with van der Waals surface area (Å²) in [5.74, 6) is -0.0713. The molecule has 1 aromatic rings. The molecule has 1 saturated heterocycles. The Morgan fingerprint density at radius 1 is 1.72 bits per heavy atom. The molecule has 1 unspecified atom stereocenters. The van der Waals surface area contributed by atoms with E-state index in [-0.39, 0.29) is 18.6 Å². The Bertz CT molecular complexity index is 442. The van der Waals surface area contributed by atoms with Crippen molar-refractivity contribution < 1.29 is 14.6 Å². The van der Waals surface area contributed by atoms with Gasteiger partial charge < -0.3 is 14.7 Å². The molecule has 1 atom stereocenters. The summed E-state index contributed by atoms with van der Waals surface area (Å²) in [7, 11) is 1.82. The van der Waals surface area contributed by atoms with Crippen LogP contribution in [0.5, 0.6) is 0 Å². The third kappa shape index (κ3) is 2.96. The highest BCUT2D eigenvalue weighted by Crippen LogP contribution is 2.07. The summed E-state index contributed by atoms with van der Waals surface area (Å²) >= 11 is 0. The van der Waals surface area contributed by atoms with Crippen LogP contribution in [0.15, 0.2) is 18.3 Å². The molecule has 2 rings (SSSR count).